The highest BCUT2D eigenvalue weighted by Crippen LogP contribution is 2.43. The van der Waals surface area contributed by atoms with Crippen molar-refractivity contribution in [2.75, 3.05) is 19.0 Å². The van der Waals surface area contributed by atoms with Gasteiger partial charge in [0.05, 0.1) is 12.7 Å². The van der Waals surface area contributed by atoms with Crippen LogP contribution in [-0.4, -0.2) is 25.5 Å². The molecule has 1 fully saturated rings. The highest BCUT2D eigenvalue weighted by molar-refractivity contribution is 5.95. The van der Waals surface area contributed by atoms with E-state index >= 15 is 0 Å². The van der Waals surface area contributed by atoms with E-state index in [-0.39, 0.29) is 11.3 Å². The number of aryl methyl sites for hydroxylation is 1. The van der Waals surface area contributed by atoms with Gasteiger partial charge in [-0.25, -0.2) is 4.79 Å². The summed E-state index contributed by atoms with van der Waals surface area (Å²) in [5, 5.41) is 2.89. The fourth-order valence-corrected chi connectivity index (χ4v) is 2.67. The molecule has 0 unspecified atom stereocenters. The van der Waals surface area contributed by atoms with Gasteiger partial charge in [0.15, 0.2) is 0 Å². The molecule has 1 aliphatic rings. The van der Waals surface area contributed by atoms with Crippen LogP contribution in [0.3, 0.4) is 0 Å². The van der Waals surface area contributed by atoms with E-state index in [0.717, 1.165) is 24.8 Å². The van der Waals surface area contributed by atoms with Crippen LogP contribution in [0.5, 0.6) is 0 Å². The molecule has 3 N–H and O–H groups in total. The second kappa shape index (κ2) is 6.26. The number of nitrogens with two attached hydrogens (primary N) is 1. The normalized spacial score (nSPS) is 16.0. The molecular formula is C16H22N2O3. The fourth-order valence-electron chi connectivity index (χ4n) is 2.67. The number of benzene rings is 1. The van der Waals surface area contributed by atoms with E-state index in [2.05, 4.69) is 5.32 Å². The van der Waals surface area contributed by atoms with E-state index < -0.39 is 5.97 Å². The fraction of sp³-hybridized carbons (Fsp3) is 0.500. The maximum Gasteiger partial charge on any atom is 0.337 e. The first-order valence-corrected chi connectivity index (χ1v) is 7.18. The molecule has 1 saturated carbocycles. The third kappa shape index (κ3) is 3.42. The summed E-state index contributed by atoms with van der Waals surface area (Å²) in [6, 6.07) is 5.13. The Kier molecular flexibility index (Phi) is 4.63. The second-order valence-electron chi connectivity index (χ2n) is 5.80. The van der Waals surface area contributed by atoms with Crippen LogP contribution in [0.1, 0.15) is 41.6 Å². The number of nitrogens with one attached hydrogen (secondary N) is 1. The zero-order valence-electron chi connectivity index (χ0n) is 12.6. The van der Waals surface area contributed by atoms with E-state index in [1.165, 1.54) is 7.11 Å². The zero-order chi connectivity index (χ0) is 15.5. The molecule has 5 heteroatoms. The molecule has 21 heavy (non-hydrogen) atoms. The van der Waals surface area contributed by atoms with Crippen LogP contribution in [0.2, 0.25) is 0 Å². The number of anilines is 1. The van der Waals surface area contributed by atoms with Crippen LogP contribution < -0.4 is 11.1 Å². The molecule has 0 atom stereocenters. The molecule has 0 aliphatic heterocycles. The minimum Gasteiger partial charge on any atom is -0.465 e. The summed E-state index contributed by atoms with van der Waals surface area (Å²) in [4.78, 5) is 23.7. The van der Waals surface area contributed by atoms with Gasteiger partial charge in [-0.2, -0.15) is 0 Å². The third-order valence-electron chi connectivity index (χ3n) is 4.32. The Labute approximate surface area is 124 Å². The largest absolute Gasteiger partial charge is 0.465 e. The van der Waals surface area contributed by atoms with Gasteiger partial charge in [-0.1, -0.05) is 12.5 Å². The lowest BCUT2D eigenvalue weighted by Crippen LogP contribution is -2.40. The third-order valence-corrected chi connectivity index (χ3v) is 4.32. The average Bonchev–Trinajstić information content (AvgIpc) is 2.44. The summed E-state index contributed by atoms with van der Waals surface area (Å²) in [5.41, 5.74) is 7.73. The molecule has 5 nitrogen and oxygen atoms in total. The summed E-state index contributed by atoms with van der Waals surface area (Å²) in [6.45, 7) is 2.43. The first kappa shape index (κ1) is 15.5. The Balaban J connectivity index is 2.08. The van der Waals surface area contributed by atoms with Crippen LogP contribution in [-0.2, 0) is 9.53 Å². The first-order chi connectivity index (χ1) is 9.99. The molecule has 1 aromatic rings. The van der Waals surface area contributed by atoms with Crippen molar-refractivity contribution in [2.45, 2.75) is 32.6 Å². The number of amides is 1. The number of ether oxygens (including phenoxy) is 1. The quantitative estimate of drug-likeness (QED) is 0.815. The highest BCUT2D eigenvalue weighted by atomic mass is 16.5. The molecule has 0 aromatic heterocycles. The smallest absolute Gasteiger partial charge is 0.337 e. The Morgan fingerprint density at radius 2 is 2.10 bits per heavy atom. The molecule has 0 saturated heterocycles. The number of rotatable bonds is 5. The maximum atomic E-state index is 12.2. The van der Waals surface area contributed by atoms with E-state index in [1.807, 2.05) is 6.92 Å². The molecule has 0 spiro atoms. The number of esters is 1. The lowest BCUT2D eigenvalue weighted by atomic mass is 9.66. The van der Waals surface area contributed by atoms with Gasteiger partial charge in [0, 0.05) is 12.1 Å². The highest BCUT2D eigenvalue weighted by Gasteiger charge is 2.37. The topological polar surface area (TPSA) is 81.4 Å². The summed E-state index contributed by atoms with van der Waals surface area (Å²) < 4.78 is 4.69. The van der Waals surface area contributed by atoms with E-state index in [0.29, 0.717) is 24.2 Å². The number of hydrogen-bond donors (Lipinski definition) is 2. The van der Waals surface area contributed by atoms with Crippen molar-refractivity contribution in [2.24, 2.45) is 11.1 Å². The minimum atomic E-state index is -0.414. The molecule has 1 amide bonds. The molecule has 0 radical (unpaired) electrons. The Hall–Kier alpha value is -1.88. The molecule has 114 valence electrons. The lowest BCUT2D eigenvalue weighted by Gasteiger charge is -2.40. The summed E-state index contributed by atoms with van der Waals surface area (Å²) >= 11 is 0. The number of carbonyl (C=O) groups excluding carboxylic acids is 2. The van der Waals surface area contributed by atoms with Crippen molar-refractivity contribution in [3.63, 3.8) is 0 Å². The van der Waals surface area contributed by atoms with Crippen molar-refractivity contribution in [3.05, 3.63) is 29.3 Å². The number of methoxy groups -OCH3 is 1. The van der Waals surface area contributed by atoms with Crippen molar-refractivity contribution in [1.82, 2.24) is 0 Å². The van der Waals surface area contributed by atoms with Crippen molar-refractivity contribution in [1.29, 1.82) is 0 Å². The SMILES string of the molecule is COC(=O)c1ccc(C)c(NC(=O)CC2(CN)CCC2)c1. The molecular weight excluding hydrogens is 268 g/mol. The van der Waals surface area contributed by atoms with Crippen LogP contribution >= 0.6 is 0 Å². The monoisotopic (exact) mass is 290 g/mol. The van der Waals surface area contributed by atoms with Gasteiger partial charge in [-0.3, -0.25) is 4.79 Å². The Morgan fingerprint density at radius 3 is 2.62 bits per heavy atom. The molecule has 0 bridgehead atoms. The standard InChI is InChI=1S/C16H22N2O3/c1-11-4-5-12(15(20)21-2)8-13(11)18-14(19)9-16(10-17)6-3-7-16/h4-5,8H,3,6-7,9-10,17H2,1-2H3,(H,18,19). The predicted octanol–water partition coefficient (Wildman–Crippen LogP) is 2.24. The zero-order valence-corrected chi connectivity index (χ0v) is 12.6. The lowest BCUT2D eigenvalue weighted by molar-refractivity contribution is -0.119. The minimum absolute atomic E-state index is 0.0298. The Morgan fingerprint density at radius 1 is 1.38 bits per heavy atom. The van der Waals surface area contributed by atoms with Crippen LogP contribution in [0.4, 0.5) is 5.69 Å². The second-order valence-corrected chi connectivity index (χ2v) is 5.80. The average molecular weight is 290 g/mol. The van der Waals surface area contributed by atoms with E-state index in [4.69, 9.17) is 10.5 Å². The van der Waals surface area contributed by atoms with Crippen LogP contribution in [0.25, 0.3) is 0 Å². The molecule has 1 aromatic carbocycles. The van der Waals surface area contributed by atoms with E-state index in [1.54, 1.807) is 18.2 Å². The summed E-state index contributed by atoms with van der Waals surface area (Å²) in [5.74, 6) is -0.465. The molecule has 0 heterocycles. The summed E-state index contributed by atoms with van der Waals surface area (Å²) in [7, 11) is 1.34. The van der Waals surface area contributed by atoms with Crippen LogP contribution in [0, 0.1) is 12.3 Å². The predicted molar refractivity (Wildman–Crippen MR) is 81.1 cm³/mol. The van der Waals surface area contributed by atoms with Gasteiger partial charge in [0.1, 0.15) is 0 Å². The number of carbonyl (C=O) groups is 2. The van der Waals surface area contributed by atoms with Crippen molar-refractivity contribution >= 4 is 17.6 Å². The van der Waals surface area contributed by atoms with Gasteiger partial charge in [-0.05, 0) is 49.4 Å². The summed E-state index contributed by atoms with van der Waals surface area (Å²) in [6.07, 6.45) is 3.60. The van der Waals surface area contributed by atoms with E-state index in [9.17, 15) is 9.59 Å². The van der Waals surface area contributed by atoms with Crippen LogP contribution in [0.15, 0.2) is 18.2 Å². The van der Waals surface area contributed by atoms with Gasteiger partial charge in [-0.15, -0.1) is 0 Å². The molecule has 1 aliphatic carbocycles. The van der Waals surface area contributed by atoms with Crippen molar-refractivity contribution in [3.8, 4) is 0 Å². The maximum absolute atomic E-state index is 12.2. The van der Waals surface area contributed by atoms with Gasteiger partial charge in [0.2, 0.25) is 5.91 Å². The van der Waals surface area contributed by atoms with Crippen molar-refractivity contribution < 1.29 is 14.3 Å². The van der Waals surface area contributed by atoms with Gasteiger partial charge in [0.25, 0.3) is 0 Å². The molecule has 2 rings (SSSR count). The number of hydrogen-bond acceptors (Lipinski definition) is 4. The Bertz CT molecular complexity index is 545. The van der Waals surface area contributed by atoms with Gasteiger partial charge >= 0.3 is 5.97 Å². The first-order valence-electron chi connectivity index (χ1n) is 7.18. The van der Waals surface area contributed by atoms with Gasteiger partial charge < -0.3 is 15.8 Å².